The van der Waals surface area contributed by atoms with Crippen LogP contribution in [0.3, 0.4) is 0 Å². The molecule has 0 fully saturated rings. The van der Waals surface area contributed by atoms with E-state index in [1.165, 1.54) is 51.4 Å². The predicted molar refractivity (Wildman–Crippen MR) is 82.0 cm³/mol. The number of hydrogen-bond acceptors (Lipinski definition) is 0. The van der Waals surface area contributed by atoms with Crippen LogP contribution in [0, 0.1) is 11.8 Å². The molecule has 2 unspecified atom stereocenters. The fourth-order valence-electron chi connectivity index (χ4n) is 2.53. The molecule has 100 valence electrons. The second-order valence-corrected chi connectivity index (χ2v) is 7.11. The van der Waals surface area contributed by atoms with Gasteiger partial charge in [0.1, 0.15) is 0 Å². The van der Waals surface area contributed by atoms with E-state index in [-0.39, 0.29) is 0 Å². The minimum absolute atomic E-state index is 0.734. The first kappa shape index (κ1) is 17.5. The van der Waals surface area contributed by atoms with E-state index in [2.05, 4.69) is 27.7 Å². The van der Waals surface area contributed by atoms with Crippen LogP contribution in [-0.2, 0) is 0 Å². The van der Waals surface area contributed by atoms with Crippen LogP contribution in [-0.4, -0.2) is 15.2 Å². The van der Waals surface area contributed by atoms with Gasteiger partial charge in [0.25, 0.3) is 0 Å². The second kappa shape index (κ2) is 13.0. The maximum atomic E-state index is 2.38. The van der Waals surface area contributed by atoms with E-state index in [1.54, 1.807) is 10.6 Å². The van der Waals surface area contributed by atoms with E-state index < -0.39 is 0 Å². The van der Waals surface area contributed by atoms with E-state index in [0.29, 0.717) is 0 Å². The first-order valence-electron chi connectivity index (χ1n) is 8.09. The summed E-state index contributed by atoms with van der Waals surface area (Å²) in [6.45, 7) is 9.40. The third kappa shape index (κ3) is 10.2. The molecule has 0 aliphatic carbocycles. The molecule has 2 atom stereocenters. The van der Waals surface area contributed by atoms with Crippen LogP contribution in [0.25, 0.3) is 0 Å². The molecule has 0 rings (SSSR count). The Hall–Kier alpha value is 0.532. The van der Waals surface area contributed by atoms with Crippen molar-refractivity contribution >= 4 is 15.2 Å². The summed E-state index contributed by atoms with van der Waals surface area (Å²) in [4.78, 5) is 0. The predicted octanol–water partition coefficient (Wildman–Crippen LogP) is 5.96. The molecule has 17 heavy (non-hydrogen) atoms. The van der Waals surface area contributed by atoms with Gasteiger partial charge >= 0.3 is 117 Å². The molecule has 0 radical (unpaired) electrons. The third-order valence-corrected chi connectivity index (χ3v) is 6.09. The van der Waals surface area contributed by atoms with Crippen molar-refractivity contribution in [3.8, 4) is 0 Å². The summed E-state index contributed by atoms with van der Waals surface area (Å²) in [6, 6.07) is 0. The van der Waals surface area contributed by atoms with E-state index >= 15 is 0 Å². The van der Waals surface area contributed by atoms with E-state index in [9.17, 15) is 0 Å². The maximum absolute atomic E-state index is 2.38. The molecular weight excluding hydrogens is 219 g/mol. The topological polar surface area (TPSA) is 0 Å². The number of unbranched alkanes of at least 4 members (excludes halogenated alkanes) is 2. The van der Waals surface area contributed by atoms with Crippen LogP contribution < -0.4 is 0 Å². The van der Waals surface area contributed by atoms with Gasteiger partial charge in [-0.3, -0.25) is 0 Å². The summed E-state index contributed by atoms with van der Waals surface area (Å²) >= 11 is 0.734. The zero-order valence-corrected chi connectivity index (χ0v) is 14.0. The standard InChI is InChI=1S/2C8H17.Al/c2*1-4-6-7-8(3)5-2;/h2*8H,3-7H2,1-2H3;/q;;+1. The molecule has 1 heteroatoms. The normalized spacial score (nSPS) is 14.4. The van der Waals surface area contributed by atoms with Crippen molar-refractivity contribution in [2.45, 2.75) is 89.6 Å². The van der Waals surface area contributed by atoms with Crippen molar-refractivity contribution in [3.63, 3.8) is 0 Å². The molecule has 0 bridgehead atoms. The van der Waals surface area contributed by atoms with E-state index in [1.807, 2.05) is 0 Å². The van der Waals surface area contributed by atoms with Crippen molar-refractivity contribution in [2.75, 3.05) is 0 Å². The molecule has 0 saturated carbocycles. The molecule has 0 spiro atoms. The van der Waals surface area contributed by atoms with Crippen LogP contribution in [0.5, 0.6) is 0 Å². The van der Waals surface area contributed by atoms with Gasteiger partial charge in [0.05, 0.1) is 0 Å². The molecule has 0 nitrogen and oxygen atoms in total. The molecule has 0 aromatic heterocycles. The summed E-state index contributed by atoms with van der Waals surface area (Å²) in [5, 5.41) is 3.14. The molecule has 0 aliphatic heterocycles. The molecule has 0 amide bonds. The van der Waals surface area contributed by atoms with E-state index in [0.717, 1.165) is 27.1 Å². The fourth-order valence-corrected chi connectivity index (χ4v) is 4.80. The molecule has 0 heterocycles. The van der Waals surface area contributed by atoms with Gasteiger partial charge in [0, 0.05) is 0 Å². The van der Waals surface area contributed by atoms with Crippen molar-refractivity contribution in [1.29, 1.82) is 0 Å². The molecular formula is C16H34Al+. The van der Waals surface area contributed by atoms with Crippen molar-refractivity contribution in [2.24, 2.45) is 11.8 Å². The van der Waals surface area contributed by atoms with Crippen molar-refractivity contribution < 1.29 is 0 Å². The first-order valence-corrected chi connectivity index (χ1v) is 9.73. The Kier molecular flexibility index (Phi) is 13.4. The van der Waals surface area contributed by atoms with Gasteiger partial charge < -0.3 is 0 Å². The molecule has 0 aliphatic rings. The average Bonchev–Trinajstić information content (AvgIpc) is 2.37. The Balaban J connectivity index is 3.61. The summed E-state index contributed by atoms with van der Waals surface area (Å²) < 4.78 is 0. The van der Waals surface area contributed by atoms with Crippen LogP contribution >= 0.6 is 0 Å². The van der Waals surface area contributed by atoms with Crippen LogP contribution in [0.15, 0.2) is 0 Å². The van der Waals surface area contributed by atoms with Crippen molar-refractivity contribution in [1.82, 2.24) is 0 Å². The van der Waals surface area contributed by atoms with Crippen LogP contribution in [0.4, 0.5) is 0 Å². The Morgan fingerprint density at radius 1 is 0.706 bits per heavy atom. The first-order chi connectivity index (χ1) is 8.28. The van der Waals surface area contributed by atoms with Gasteiger partial charge in [0.2, 0.25) is 0 Å². The van der Waals surface area contributed by atoms with E-state index in [4.69, 9.17) is 0 Å². The monoisotopic (exact) mass is 253 g/mol. The Morgan fingerprint density at radius 2 is 1.12 bits per heavy atom. The Labute approximate surface area is 117 Å². The van der Waals surface area contributed by atoms with Gasteiger partial charge in [-0.05, 0) is 0 Å². The van der Waals surface area contributed by atoms with Gasteiger partial charge in [-0.1, -0.05) is 0 Å². The minimum atomic E-state index is 0.734. The Morgan fingerprint density at radius 3 is 1.41 bits per heavy atom. The zero-order chi connectivity index (χ0) is 12.9. The summed E-state index contributed by atoms with van der Waals surface area (Å²) in [6.07, 6.45) is 11.5. The summed E-state index contributed by atoms with van der Waals surface area (Å²) in [5.41, 5.74) is 0. The Bertz CT molecular complexity index is 128. The van der Waals surface area contributed by atoms with Crippen LogP contribution in [0.1, 0.15) is 79.1 Å². The number of hydrogen-bond donors (Lipinski definition) is 0. The van der Waals surface area contributed by atoms with Crippen molar-refractivity contribution in [3.05, 3.63) is 0 Å². The summed E-state index contributed by atoms with van der Waals surface area (Å²) in [7, 11) is 0. The van der Waals surface area contributed by atoms with Gasteiger partial charge in [-0.15, -0.1) is 0 Å². The average molecular weight is 253 g/mol. The molecule has 0 aromatic rings. The summed E-state index contributed by atoms with van der Waals surface area (Å²) in [5.74, 6) is 2.10. The van der Waals surface area contributed by atoms with Crippen LogP contribution in [0.2, 0.25) is 10.6 Å². The van der Waals surface area contributed by atoms with Gasteiger partial charge in [0.15, 0.2) is 0 Å². The molecule has 0 saturated heterocycles. The molecule has 0 N–H and O–H groups in total. The SMILES string of the molecule is CCCCC(CC)[CH2][Al+][CH2]C(CC)CCCC. The third-order valence-electron chi connectivity index (χ3n) is 4.09. The fraction of sp³-hybridized carbons (Fsp3) is 1.00. The zero-order valence-electron chi connectivity index (χ0n) is 12.8. The quantitative estimate of drug-likeness (QED) is 0.376. The second-order valence-electron chi connectivity index (χ2n) is 5.59. The molecule has 0 aromatic carbocycles. The van der Waals surface area contributed by atoms with Gasteiger partial charge in [-0.2, -0.15) is 0 Å². The number of rotatable bonds is 12. The van der Waals surface area contributed by atoms with Gasteiger partial charge in [-0.25, -0.2) is 0 Å².